The molecule has 23 heavy (non-hydrogen) atoms. The quantitative estimate of drug-likeness (QED) is 0.719. The first kappa shape index (κ1) is 15.6. The van der Waals surface area contributed by atoms with E-state index < -0.39 is 0 Å². The highest BCUT2D eigenvalue weighted by Gasteiger charge is 2.13. The normalized spacial score (nSPS) is 11.0. The zero-order valence-electron chi connectivity index (χ0n) is 13.4. The molecular weight excluding hydrogens is 310 g/mol. The van der Waals surface area contributed by atoms with Gasteiger partial charge in [0.1, 0.15) is 5.58 Å². The average Bonchev–Trinajstić information content (AvgIpc) is 2.85. The summed E-state index contributed by atoms with van der Waals surface area (Å²) in [5.41, 5.74) is 5.60. The molecule has 1 heterocycles. The predicted octanol–water partition coefficient (Wildman–Crippen LogP) is 5.19. The molecule has 1 amide bonds. The van der Waals surface area contributed by atoms with Crippen molar-refractivity contribution in [3.63, 3.8) is 0 Å². The van der Waals surface area contributed by atoms with Gasteiger partial charge in [0.15, 0.2) is 0 Å². The maximum absolute atomic E-state index is 12.3. The van der Waals surface area contributed by atoms with Crippen molar-refractivity contribution in [2.75, 3.05) is 5.32 Å². The molecule has 0 radical (unpaired) electrons. The number of halogens is 1. The second-order valence-corrected chi connectivity index (χ2v) is 6.31. The topological polar surface area (TPSA) is 42.2 Å². The van der Waals surface area contributed by atoms with Crippen LogP contribution in [-0.2, 0) is 11.2 Å². The second-order valence-electron chi connectivity index (χ2n) is 5.90. The summed E-state index contributed by atoms with van der Waals surface area (Å²) in [5, 5.41) is 4.51. The number of nitrogens with one attached hydrogen (secondary N) is 1. The Bertz CT molecular complexity index is 896. The molecule has 118 valence electrons. The number of carbonyl (C=O) groups excluding carboxylic acids is 1. The van der Waals surface area contributed by atoms with Crippen LogP contribution < -0.4 is 5.32 Å². The van der Waals surface area contributed by atoms with Crippen molar-refractivity contribution >= 4 is 34.2 Å². The van der Waals surface area contributed by atoms with Crippen LogP contribution in [0, 0.1) is 20.8 Å². The Kier molecular flexibility index (Phi) is 4.14. The molecule has 0 aliphatic rings. The summed E-state index contributed by atoms with van der Waals surface area (Å²) >= 11 is 6.18. The van der Waals surface area contributed by atoms with Gasteiger partial charge in [0.2, 0.25) is 5.91 Å². The molecule has 0 saturated heterocycles. The maximum Gasteiger partial charge on any atom is 0.228 e. The lowest BCUT2D eigenvalue weighted by atomic mass is 10.1. The number of amides is 1. The van der Waals surface area contributed by atoms with Crippen molar-refractivity contribution in [2.24, 2.45) is 0 Å². The predicted molar refractivity (Wildman–Crippen MR) is 94.2 cm³/mol. The Hall–Kier alpha value is -2.26. The van der Waals surface area contributed by atoms with Gasteiger partial charge in [-0.05, 0) is 50.1 Å². The number of hydrogen-bond donors (Lipinski definition) is 1. The van der Waals surface area contributed by atoms with Crippen LogP contribution in [0.25, 0.3) is 11.0 Å². The number of anilines is 1. The number of hydrogen-bond acceptors (Lipinski definition) is 2. The fourth-order valence-electron chi connectivity index (χ4n) is 2.66. The zero-order chi connectivity index (χ0) is 16.6. The lowest BCUT2D eigenvalue weighted by molar-refractivity contribution is -0.115. The van der Waals surface area contributed by atoms with Crippen LogP contribution >= 0.6 is 11.6 Å². The minimum absolute atomic E-state index is 0.0728. The summed E-state index contributed by atoms with van der Waals surface area (Å²) in [6, 6.07) is 9.71. The van der Waals surface area contributed by atoms with Crippen LogP contribution in [0.2, 0.25) is 5.02 Å². The third-order valence-corrected chi connectivity index (χ3v) is 4.35. The van der Waals surface area contributed by atoms with Crippen LogP contribution in [-0.4, -0.2) is 5.91 Å². The Morgan fingerprint density at radius 2 is 1.91 bits per heavy atom. The molecule has 0 saturated carbocycles. The van der Waals surface area contributed by atoms with Gasteiger partial charge >= 0.3 is 0 Å². The van der Waals surface area contributed by atoms with Crippen molar-refractivity contribution in [3.05, 3.63) is 63.9 Å². The van der Waals surface area contributed by atoms with E-state index in [1.807, 2.05) is 51.1 Å². The summed E-state index contributed by atoms with van der Waals surface area (Å²) in [4.78, 5) is 12.3. The van der Waals surface area contributed by atoms with E-state index in [0.717, 1.165) is 33.3 Å². The summed E-state index contributed by atoms with van der Waals surface area (Å²) in [6.45, 7) is 5.94. The molecular formula is C19H18ClNO2. The second kappa shape index (κ2) is 6.09. The lowest BCUT2D eigenvalue weighted by Gasteiger charge is -2.08. The Labute approximate surface area is 140 Å². The third-order valence-electron chi connectivity index (χ3n) is 3.94. The number of carbonyl (C=O) groups is 1. The molecule has 0 aliphatic carbocycles. The number of benzene rings is 2. The minimum Gasteiger partial charge on any atom is -0.464 e. The van der Waals surface area contributed by atoms with Crippen molar-refractivity contribution < 1.29 is 9.21 Å². The molecule has 0 fully saturated rings. The first-order valence-electron chi connectivity index (χ1n) is 7.47. The third kappa shape index (κ3) is 3.25. The van der Waals surface area contributed by atoms with E-state index in [-0.39, 0.29) is 12.3 Å². The highest BCUT2D eigenvalue weighted by atomic mass is 35.5. The minimum atomic E-state index is -0.0728. The molecule has 0 unspecified atom stereocenters. The van der Waals surface area contributed by atoms with Crippen LogP contribution in [0.1, 0.15) is 22.3 Å². The van der Waals surface area contributed by atoms with Gasteiger partial charge in [0.05, 0.1) is 12.7 Å². The molecule has 0 atom stereocenters. The van der Waals surface area contributed by atoms with Gasteiger partial charge in [-0.3, -0.25) is 4.79 Å². The molecule has 3 aromatic rings. The Balaban J connectivity index is 1.81. The van der Waals surface area contributed by atoms with E-state index >= 15 is 0 Å². The number of furan rings is 1. The number of fused-ring (bicyclic) bond motifs is 1. The van der Waals surface area contributed by atoms with Gasteiger partial charge in [-0.25, -0.2) is 0 Å². The highest BCUT2D eigenvalue weighted by Crippen LogP contribution is 2.28. The average molecular weight is 328 g/mol. The standard InChI is InChI=1S/C19H18ClNO2/c1-11-4-5-17(13(3)6-11)21-19(22)8-14-10-23-18-7-12(2)16(20)9-15(14)18/h4-7,9-10H,8H2,1-3H3,(H,21,22). The number of aryl methyl sites for hydroxylation is 3. The Morgan fingerprint density at radius 3 is 2.65 bits per heavy atom. The van der Waals surface area contributed by atoms with Crippen molar-refractivity contribution in [1.29, 1.82) is 0 Å². The first-order valence-corrected chi connectivity index (χ1v) is 7.85. The first-order chi connectivity index (χ1) is 10.9. The van der Waals surface area contributed by atoms with E-state index in [2.05, 4.69) is 5.32 Å². The molecule has 2 aromatic carbocycles. The van der Waals surface area contributed by atoms with Crippen LogP contribution in [0.5, 0.6) is 0 Å². The van der Waals surface area contributed by atoms with E-state index in [9.17, 15) is 4.79 Å². The van der Waals surface area contributed by atoms with Gasteiger partial charge in [-0.2, -0.15) is 0 Å². The van der Waals surface area contributed by atoms with Crippen LogP contribution in [0.4, 0.5) is 5.69 Å². The summed E-state index contributed by atoms with van der Waals surface area (Å²) in [5.74, 6) is -0.0728. The summed E-state index contributed by atoms with van der Waals surface area (Å²) in [6.07, 6.45) is 1.88. The van der Waals surface area contributed by atoms with Gasteiger partial charge < -0.3 is 9.73 Å². The fraction of sp³-hybridized carbons (Fsp3) is 0.211. The fourth-order valence-corrected chi connectivity index (χ4v) is 2.82. The molecule has 3 nitrogen and oxygen atoms in total. The molecule has 0 aliphatic heterocycles. The van der Waals surface area contributed by atoms with Crippen LogP contribution in [0.15, 0.2) is 41.0 Å². The Morgan fingerprint density at radius 1 is 1.13 bits per heavy atom. The summed E-state index contributed by atoms with van der Waals surface area (Å²) < 4.78 is 5.54. The largest absolute Gasteiger partial charge is 0.464 e. The molecule has 1 N–H and O–H groups in total. The molecule has 0 spiro atoms. The highest BCUT2D eigenvalue weighted by molar-refractivity contribution is 6.32. The van der Waals surface area contributed by atoms with Crippen LogP contribution in [0.3, 0.4) is 0 Å². The molecule has 0 bridgehead atoms. The van der Waals surface area contributed by atoms with Gasteiger partial charge in [0.25, 0.3) is 0 Å². The smallest absolute Gasteiger partial charge is 0.228 e. The van der Waals surface area contributed by atoms with Crippen molar-refractivity contribution in [1.82, 2.24) is 0 Å². The number of rotatable bonds is 3. The van der Waals surface area contributed by atoms with Gasteiger partial charge in [0, 0.05) is 21.7 Å². The maximum atomic E-state index is 12.3. The SMILES string of the molecule is Cc1ccc(NC(=O)Cc2coc3cc(C)c(Cl)cc23)c(C)c1. The van der Waals surface area contributed by atoms with E-state index in [1.54, 1.807) is 6.26 Å². The molecule has 3 rings (SSSR count). The molecule has 4 heteroatoms. The lowest BCUT2D eigenvalue weighted by Crippen LogP contribution is -2.15. The summed E-state index contributed by atoms with van der Waals surface area (Å²) in [7, 11) is 0. The molecule has 1 aromatic heterocycles. The van der Waals surface area contributed by atoms with Gasteiger partial charge in [-0.1, -0.05) is 29.3 Å². The van der Waals surface area contributed by atoms with Crippen molar-refractivity contribution in [2.45, 2.75) is 27.2 Å². The van der Waals surface area contributed by atoms with Gasteiger partial charge in [-0.15, -0.1) is 0 Å². The van der Waals surface area contributed by atoms with E-state index in [0.29, 0.717) is 5.02 Å². The van der Waals surface area contributed by atoms with Crippen molar-refractivity contribution in [3.8, 4) is 0 Å². The van der Waals surface area contributed by atoms with E-state index in [4.69, 9.17) is 16.0 Å². The van der Waals surface area contributed by atoms with E-state index in [1.165, 1.54) is 5.56 Å². The monoisotopic (exact) mass is 327 g/mol. The zero-order valence-corrected chi connectivity index (χ0v) is 14.1.